The zero-order chi connectivity index (χ0) is 14.0. The lowest BCUT2D eigenvalue weighted by atomic mass is 9.93. The number of hydrogen-bond donors (Lipinski definition) is 2. The average Bonchev–Trinajstić information content (AvgIpc) is 3.09. The van der Waals surface area contributed by atoms with Crippen molar-refractivity contribution in [1.29, 1.82) is 0 Å². The standard InChI is InChI=1S/C12H21N5OS/c1-8(2)16-12(10(13)18,9-4-5-9)6-19-11-14-7-15-17(11)3/h7-9,16H,4-6H2,1-3H3,(H2,13,18). The number of aromatic nitrogens is 3. The molecule has 0 radical (unpaired) electrons. The first-order chi connectivity index (χ1) is 8.95. The summed E-state index contributed by atoms with van der Waals surface area (Å²) in [5, 5.41) is 8.22. The van der Waals surface area contributed by atoms with E-state index in [4.69, 9.17) is 5.73 Å². The second kappa shape index (κ2) is 5.50. The van der Waals surface area contributed by atoms with E-state index in [1.807, 2.05) is 20.9 Å². The average molecular weight is 283 g/mol. The van der Waals surface area contributed by atoms with Gasteiger partial charge in [-0.05, 0) is 32.6 Å². The molecule has 0 aromatic carbocycles. The number of aryl methyl sites for hydroxylation is 1. The Morgan fingerprint density at radius 1 is 1.68 bits per heavy atom. The topological polar surface area (TPSA) is 85.8 Å². The van der Waals surface area contributed by atoms with E-state index < -0.39 is 5.54 Å². The van der Waals surface area contributed by atoms with Crippen LogP contribution in [0.25, 0.3) is 0 Å². The van der Waals surface area contributed by atoms with Crippen LogP contribution in [-0.2, 0) is 11.8 Å². The zero-order valence-electron chi connectivity index (χ0n) is 11.6. The minimum absolute atomic E-state index is 0.216. The second-order valence-electron chi connectivity index (χ2n) is 5.36. The van der Waals surface area contributed by atoms with E-state index in [0.29, 0.717) is 11.7 Å². The Kier molecular flexibility index (Phi) is 4.15. The molecule has 1 aliphatic carbocycles. The highest BCUT2D eigenvalue weighted by molar-refractivity contribution is 7.99. The fourth-order valence-corrected chi connectivity index (χ4v) is 3.48. The second-order valence-corrected chi connectivity index (χ2v) is 6.31. The summed E-state index contributed by atoms with van der Waals surface area (Å²) in [5.74, 6) is 0.670. The lowest BCUT2D eigenvalue weighted by molar-refractivity contribution is -0.124. The Balaban J connectivity index is 2.13. The molecule has 1 unspecified atom stereocenters. The van der Waals surface area contributed by atoms with Crippen LogP contribution in [0.4, 0.5) is 0 Å². The lowest BCUT2D eigenvalue weighted by Crippen LogP contribution is -2.61. The van der Waals surface area contributed by atoms with Crippen LogP contribution in [0, 0.1) is 5.92 Å². The molecule has 1 atom stereocenters. The first kappa shape index (κ1) is 14.3. The molecule has 19 heavy (non-hydrogen) atoms. The van der Waals surface area contributed by atoms with Crippen molar-refractivity contribution in [2.75, 3.05) is 5.75 Å². The van der Waals surface area contributed by atoms with Gasteiger partial charge in [0.25, 0.3) is 0 Å². The third-order valence-corrected chi connectivity index (χ3v) is 4.59. The quantitative estimate of drug-likeness (QED) is 0.713. The summed E-state index contributed by atoms with van der Waals surface area (Å²) >= 11 is 1.53. The first-order valence-electron chi connectivity index (χ1n) is 6.50. The van der Waals surface area contributed by atoms with Crippen molar-refractivity contribution in [1.82, 2.24) is 20.1 Å². The van der Waals surface area contributed by atoms with Gasteiger partial charge in [-0.15, -0.1) is 0 Å². The van der Waals surface area contributed by atoms with Crippen LogP contribution in [0.15, 0.2) is 11.5 Å². The number of amides is 1. The third-order valence-electron chi connectivity index (χ3n) is 3.36. The zero-order valence-corrected chi connectivity index (χ0v) is 12.4. The van der Waals surface area contributed by atoms with Gasteiger partial charge in [-0.2, -0.15) is 5.10 Å². The summed E-state index contributed by atoms with van der Waals surface area (Å²) in [4.78, 5) is 16.2. The van der Waals surface area contributed by atoms with Gasteiger partial charge in [0.1, 0.15) is 11.9 Å². The van der Waals surface area contributed by atoms with E-state index in [2.05, 4.69) is 15.4 Å². The summed E-state index contributed by atoms with van der Waals surface area (Å²) in [6, 6.07) is 0.216. The van der Waals surface area contributed by atoms with Crippen LogP contribution in [-0.4, -0.2) is 38.0 Å². The maximum absolute atomic E-state index is 12.0. The summed E-state index contributed by atoms with van der Waals surface area (Å²) in [7, 11) is 1.84. The highest BCUT2D eigenvalue weighted by atomic mass is 32.2. The fraction of sp³-hybridized carbons (Fsp3) is 0.750. The molecule has 0 aliphatic heterocycles. The van der Waals surface area contributed by atoms with E-state index in [1.165, 1.54) is 18.1 Å². The fourth-order valence-electron chi connectivity index (χ4n) is 2.31. The number of nitrogens with one attached hydrogen (secondary N) is 1. The highest BCUT2D eigenvalue weighted by Gasteiger charge is 2.50. The molecule has 1 amide bonds. The van der Waals surface area contributed by atoms with E-state index in [1.54, 1.807) is 4.68 Å². The first-order valence-corrected chi connectivity index (χ1v) is 7.48. The Hall–Kier alpha value is -1.08. The van der Waals surface area contributed by atoms with Crippen molar-refractivity contribution in [2.45, 2.75) is 43.4 Å². The van der Waals surface area contributed by atoms with Crippen LogP contribution in [0.5, 0.6) is 0 Å². The normalized spacial score (nSPS) is 18.5. The van der Waals surface area contributed by atoms with Gasteiger partial charge in [0.05, 0.1) is 0 Å². The molecule has 1 heterocycles. The van der Waals surface area contributed by atoms with E-state index in [-0.39, 0.29) is 11.9 Å². The number of primary amides is 1. The molecular formula is C12H21N5OS. The van der Waals surface area contributed by atoms with Crippen LogP contribution >= 0.6 is 11.8 Å². The van der Waals surface area contributed by atoms with Crippen molar-refractivity contribution < 1.29 is 4.79 Å². The molecule has 1 aromatic heterocycles. The largest absolute Gasteiger partial charge is 0.368 e. The lowest BCUT2D eigenvalue weighted by Gasteiger charge is -2.33. The minimum atomic E-state index is -0.634. The molecule has 1 fully saturated rings. The molecule has 6 nitrogen and oxygen atoms in total. The Labute approximate surface area is 117 Å². The Bertz CT molecular complexity index is 457. The molecular weight excluding hydrogens is 262 g/mol. The van der Waals surface area contributed by atoms with Gasteiger partial charge in [0.15, 0.2) is 5.16 Å². The SMILES string of the molecule is CC(C)NC(CSc1ncnn1C)(C(N)=O)C1CC1. The maximum atomic E-state index is 12.0. The summed E-state index contributed by atoms with van der Waals surface area (Å²) in [6.07, 6.45) is 3.63. The van der Waals surface area contributed by atoms with Crippen molar-refractivity contribution >= 4 is 17.7 Å². The molecule has 1 saturated carbocycles. The number of nitrogens with zero attached hydrogens (tertiary/aromatic N) is 3. The molecule has 0 bridgehead atoms. The van der Waals surface area contributed by atoms with Crippen molar-refractivity contribution in [2.24, 2.45) is 18.7 Å². The molecule has 0 spiro atoms. The van der Waals surface area contributed by atoms with Gasteiger partial charge in [0, 0.05) is 18.8 Å². The Morgan fingerprint density at radius 2 is 2.37 bits per heavy atom. The van der Waals surface area contributed by atoms with Gasteiger partial charge >= 0.3 is 0 Å². The van der Waals surface area contributed by atoms with Crippen LogP contribution in [0.2, 0.25) is 0 Å². The molecule has 106 valence electrons. The van der Waals surface area contributed by atoms with E-state index in [9.17, 15) is 4.79 Å². The smallest absolute Gasteiger partial charge is 0.238 e. The molecule has 2 rings (SSSR count). The predicted octanol–water partition coefficient (Wildman–Crippen LogP) is 0.539. The molecule has 3 N–H and O–H groups in total. The van der Waals surface area contributed by atoms with Gasteiger partial charge in [-0.25, -0.2) is 9.67 Å². The maximum Gasteiger partial charge on any atom is 0.238 e. The monoisotopic (exact) mass is 283 g/mol. The van der Waals surface area contributed by atoms with Crippen LogP contribution < -0.4 is 11.1 Å². The number of rotatable bonds is 7. The minimum Gasteiger partial charge on any atom is -0.368 e. The van der Waals surface area contributed by atoms with E-state index >= 15 is 0 Å². The van der Waals surface area contributed by atoms with E-state index in [0.717, 1.165) is 18.0 Å². The number of nitrogens with two attached hydrogens (primary N) is 1. The van der Waals surface area contributed by atoms with Crippen LogP contribution in [0.1, 0.15) is 26.7 Å². The molecule has 7 heteroatoms. The van der Waals surface area contributed by atoms with Crippen molar-refractivity contribution in [3.05, 3.63) is 6.33 Å². The van der Waals surface area contributed by atoms with Crippen molar-refractivity contribution in [3.8, 4) is 0 Å². The van der Waals surface area contributed by atoms with Crippen molar-refractivity contribution in [3.63, 3.8) is 0 Å². The Morgan fingerprint density at radius 3 is 2.79 bits per heavy atom. The molecule has 1 aromatic rings. The summed E-state index contributed by atoms with van der Waals surface area (Å²) in [5.41, 5.74) is 5.05. The summed E-state index contributed by atoms with van der Waals surface area (Å²) in [6.45, 7) is 4.07. The number of carbonyl (C=O) groups excluding carboxylic acids is 1. The van der Waals surface area contributed by atoms with Gasteiger partial charge in [-0.1, -0.05) is 11.8 Å². The number of thioether (sulfide) groups is 1. The third kappa shape index (κ3) is 3.09. The highest BCUT2D eigenvalue weighted by Crippen LogP contribution is 2.42. The number of carbonyl (C=O) groups is 1. The summed E-state index contributed by atoms with van der Waals surface area (Å²) < 4.78 is 1.71. The molecule has 1 aliphatic rings. The van der Waals surface area contributed by atoms with Gasteiger partial charge in [-0.3, -0.25) is 4.79 Å². The van der Waals surface area contributed by atoms with Gasteiger partial charge in [0.2, 0.25) is 5.91 Å². The number of hydrogen-bond acceptors (Lipinski definition) is 5. The molecule has 0 saturated heterocycles. The van der Waals surface area contributed by atoms with Crippen LogP contribution in [0.3, 0.4) is 0 Å². The van der Waals surface area contributed by atoms with Gasteiger partial charge < -0.3 is 11.1 Å². The predicted molar refractivity (Wildman–Crippen MR) is 74.6 cm³/mol.